The van der Waals surface area contributed by atoms with Gasteiger partial charge in [-0.25, -0.2) is 9.37 Å². The molecule has 11 heteroatoms. The number of nitrogens with one attached hydrogen (secondary N) is 1. The van der Waals surface area contributed by atoms with E-state index in [0.29, 0.717) is 34.1 Å². The molecule has 2 fully saturated rings. The number of carbonyl (C=O) groups excluding carboxylic acids is 3. The second-order valence-corrected chi connectivity index (χ2v) is 11.8. The molecular formula is C28H27ClFN5O3S. The molecular weight excluding hydrogens is 541 g/mol. The lowest BCUT2D eigenvalue weighted by Gasteiger charge is -2.46. The molecule has 3 amide bonds. The third-order valence-corrected chi connectivity index (χ3v) is 8.99. The zero-order chi connectivity index (χ0) is 27.3. The molecule has 6 rings (SSSR count). The number of fused-ring (bicyclic) bond motifs is 2. The van der Waals surface area contributed by atoms with Gasteiger partial charge in [0.1, 0.15) is 16.9 Å². The van der Waals surface area contributed by atoms with Gasteiger partial charge in [-0.15, -0.1) is 11.3 Å². The number of benzene rings is 1. The zero-order valence-corrected chi connectivity index (χ0v) is 22.9. The molecule has 2 aliphatic heterocycles. The van der Waals surface area contributed by atoms with Gasteiger partial charge in [0, 0.05) is 42.9 Å². The summed E-state index contributed by atoms with van der Waals surface area (Å²) in [4.78, 5) is 51.0. The maximum atomic E-state index is 14.3. The molecule has 0 atom stereocenters. The van der Waals surface area contributed by atoms with Crippen molar-refractivity contribution in [3.8, 4) is 0 Å². The van der Waals surface area contributed by atoms with Crippen LogP contribution < -0.4 is 10.2 Å². The number of halogens is 2. The number of anilines is 1. The minimum absolute atomic E-state index is 0.0334. The molecule has 39 heavy (non-hydrogen) atoms. The predicted octanol–water partition coefficient (Wildman–Crippen LogP) is 4.37. The van der Waals surface area contributed by atoms with E-state index in [4.69, 9.17) is 11.6 Å². The summed E-state index contributed by atoms with van der Waals surface area (Å²) in [5.41, 5.74) is 3.53. The maximum Gasteiger partial charge on any atom is 0.273 e. The van der Waals surface area contributed by atoms with Gasteiger partial charge in [0.15, 0.2) is 0 Å². The van der Waals surface area contributed by atoms with E-state index in [-0.39, 0.29) is 42.8 Å². The predicted molar refractivity (Wildman–Crippen MR) is 146 cm³/mol. The third kappa shape index (κ3) is 4.59. The summed E-state index contributed by atoms with van der Waals surface area (Å²) in [6.45, 7) is 2.73. The van der Waals surface area contributed by atoms with Crippen LogP contribution in [-0.4, -0.2) is 58.3 Å². The lowest BCUT2D eigenvalue weighted by molar-refractivity contribution is -0.128. The number of rotatable bonds is 5. The van der Waals surface area contributed by atoms with E-state index in [1.54, 1.807) is 39.7 Å². The third-order valence-electron chi connectivity index (χ3n) is 8.20. The van der Waals surface area contributed by atoms with E-state index < -0.39 is 11.2 Å². The van der Waals surface area contributed by atoms with Gasteiger partial charge < -0.3 is 15.1 Å². The second-order valence-electron chi connectivity index (χ2n) is 10.7. The zero-order valence-electron chi connectivity index (χ0n) is 21.3. The van der Waals surface area contributed by atoms with Crippen molar-refractivity contribution in [3.05, 3.63) is 74.7 Å². The molecule has 4 heterocycles. The summed E-state index contributed by atoms with van der Waals surface area (Å²) in [6, 6.07) is 6.16. The number of aryl methyl sites for hydroxylation is 1. The molecule has 1 N–H and O–H groups in total. The highest BCUT2D eigenvalue weighted by molar-refractivity contribution is 7.07. The fourth-order valence-electron chi connectivity index (χ4n) is 6.07. The summed E-state index contributed by atoms with van der Waals surface area (Å²) in [5, 5.41) is 5.22. The number of hydrogen-bond acceptors (Lipinski definition) is 6. The molecule has 0 unspecified atom stereocenters. The van der Waals surface area contributed by atoms with Crippen molar-refractivity contribution in [2.24, 2.45) is 5.92 Å². The first kappa shape index (κ1) is 25.9. The monoisotopic (exact) mass is 567 g/mol. The van der Waals surface area contributed by atoms with Crippen LogP contribution in [0.5, 0.6) is 0 Å². The van der Waals surface area contributed by atoms with Crippen LogP contribution in [0.4, 0.5) is 10.1 Å². The highest BCUT2D eigenvalue weighted by Gasteiger charge is 2.59. The number of hydrogen-bond donors (Lipinski definition) is 1. The normalized spacial score (nSPS) is 21.6. The molecule has 1 saturated carbocycles. The molecule has 8 nitrogen and oxygen atoms in total. The highest BCUT2D eigenvalue weighted by Crippen LogP contribution is 2.48. The number of thiazole rings is 1. The van der Waals surface area contributed by atoms with Gasteiger partial charge in [0.25, 0.3) is 11.8 Å². The van der Waals surface area contributed by atoms with Crippen molar-refractivity contribution in [1.29, 1.82) is 0 Å². The van der Waals surface area contributed by atoms with Crippen LogP contribution in [0.1, 0.15) is 57.8 Å². The fourth-order valence-corrected chi connectivity index (χ4v) is 6.76. The molecule has 0 bridgehead atoms. The van der Waals surface area contributed by atoms with Crippen LogP contribution in [0.15, 0.2) is 41.4 Å². The van der Waals surface area contributed by atoms with Crippen molar-refractivity contribution in [2.75, 3.05) is 24.5 Å². The molecule has 3 aliphatic rings. The van der Waals surface area contributed by atoms with Crippen molar-refractivity contribution in [2.45, 2.75) is 44.1 Å². The van der Waals surface area contributed by atoms with Gasteiger partial charge in [-0.2, -0.15) is 0 Å². The van der Waals surface area contributed by atoms with E-state index in [1.807, 2.05) is 0 Å². The van der Waals surface area contributed by atoms with Crippen molar-refractivity contribution >= 4 is 46.3 Å². The van der Waals surface area contributed by atoms with E-state index in [1.165, 1.54) is 29.7 Å². The minimum atomic E-state index is -0.919. The first-order valence-electron chi connectivity index (χ1n) is 13.0. The maximum absolute atomic E-state index is 14.3. The smallest absolute Gasteiger partial charge is 0.273 e. The lowest BCUT2D eigenvalue weighted by atomic mass is 9.74. The van der Waals surface area contributed by atoms with Crippen LogP contribution in [0.2, 0.25) is 5.02 Å². The van der Waals surface area contributed by atoms with Gasteiger partial charge in [-0.05, 0) is 68.4 Å². The van der Waals surface area contributed by atoms with E-state index in [0.717, 1.165) is 31.4 Å². The molecule has 1 saturated heterocycles. The fraction of sp³-hybridized carbons (Fsp3) is 0.393. The Balaban J connectivity index is 1.11. The van der Waals surface area contributed by atoms with E-state index >= 15 is 0 Å². The Morgan fingerprint density at radius 3 is 2.67 bits per heavy atom. The van der Waals surface area contributed by atoms with Crippen molar-refractivity contribution in [1.82, 2.24) is 20.2 Å². The Morgan fingerprint density at radius 1 is 1.18 bits per heavy atom. The molecule has 3 aromatic rings. The Morgan fingerprint density at radius 2 is 1.95 bits per heavy atom. The topological polar surface area (TPSA) is 95.5 Å². The van der Waals surface area contributed by atoms with Gasteiger partial charge in [0.2, 0.25) is 5.91 Å². The lowest BCUT2D eigenvalue weighted by Crippen LogP contribution is -2.65. The minimum Gasteiger partial charge on any atom is -0.349 e. The quantitative estimate of drug-likeness (QED) is 0.494. The van der Waals surface area contributed by atoms with Crippen LogP contribution in [0.25, 0.3) is 0 Å². The van der Waals surface area contributed by atoms with E-state index in [9.17, 15) is 18.8 Å². The summed E-state index contributed by atoms with van der Waals surface area (Å²) in [6.07, 6.45) is 4.81. The standard InChI is InChI=1S/C28H27ClFN5O3S/c1-16-21(8-18(29)10-31-16)25(36)33-20-5-2-17(3-6-20)11-35-24-7-4-19(30)9-22(24)28(27(35)38)13-34(14-28)26(37)23-12-39-15-32-23/h4,7-10,12,15,17,20H,2-3,5-6,11,13-14H2,1H3,(H,33,36). The molecule has 0 radical (unpaired) electrons. The SMILES string of the molecule is Cc1ncc(Cl)cc1C(=O)NC1CCC(CN2C(=O)C3(CN(C(=O)c4cscn4)C3)c3cc(F)ccc32)CC1. The van der Waals surface area contributed by atoms with Crippen LogP contribution in [0.3, 0.4) is 0 Å². The van der Waals surface area contributed by atoms with E-state index in [2.05, 4.69) is 15.3 Å². The summed E-state index contributed by atoms with van der Waals surface area (Å²) in [7, 11) is 0. The van der Waals surface area contributed by atoms with Gasteiger partial charge in [-0.1, -0.05) is 11.6 Å². The first-order chi connectivity index (χ1) is 18.7. The molecule has 1 aliphatic carbocycles. The summed E-state index contributed by atoms with van der Waals surface area (Å²) in [5.74, 6) is -0.619. The highest BCUT2D eigenvalue weighted by atomic mass is 35.5. The molecule has 2 aromatic heterocycles. The Hall–Kier alpha value is -3.37. The molecule has 1 aromatic carbocycles. The van der Waals surface area contributed by atoms with Crippen molar-refractivity contribution < 1.29 is 18.8 Å². The van der Waals surface area contributed by atoms with Crippen LogP contribution in [0, 0.1) is 18.7 Å². The van der Waals surface area contributed by atoms with Crippen molar-refractivity contribution in [3.63, 3.8) is 0 Å². The Kier molecular flexibility index (Phi) is 6.63. The second kappa shape index (κ2) is 9.98. The van der Waals surface area contributed by atoms with Crippen LogP contribution in [-0.2, 0) is 10.2 Å². The Bertz CT molecular complexity index is 1450. The number of nitrogens with zero attached hydrogens (tertiary/aromatic N) is 4. The number of likely N-dealkylation sites (tertiary alicyclic amines) is 1. The Labute approximate surface area is 234 Å². The first-order valence-corrected chi connectivity index (χ1v) is 14.3. The largest absolute Gasteiger partial charge is 0.349 e. The number of carbonyl (C=O) groups is 3. The average molecular weight is 568 g/mol. The number of amides is 3. The summed E-state index contributed by atoms with van der Waals surface area (Å²) >= 11 is 7.37. The number of pyridine rings is 1. The summed E-state index contributed by atoms with van der Waals surface area (Å²) < 4.78 is 14.3. The average Bonchev–Trinajstić information content (AvgIpc) is 3.51. The van der Waals surface area contributed by atoms with Gasteiger partial charge in [0.05, 0.1) is 21.8 Å². The number of aromatic nitrogens is 2. The molecule has 1 spiro atoms. The molecule has 202 valence electrons. The van der Waals surface area contributed by atoms with Gasteiger partial charge >= 0.3 is 0 Å². The van der Waals surface area contributed by atoms with Crippen LogP contribution >= 0.6 is 22.9 Å². The van der Waals surface area contributed by atoms with Gasteiger partial charge in [-0.3, -0.25) is 19.4 Å².